The number of carbonyl (C=O) groups is 3. The molecule has 4 amide bonds. The fourth-order valence-electron chi connectivity index (χ4n) is 3.14. The van der Waals surface area contributed by atoms with Crippen molar-refractivity contribution in [3.63, 3.8) is 0 Å². The zero-order chi connectivity index (χ0) is 21.3. The van der Waals surface area contributed by atoms with E-state index < -0.39 is 6.03 Å². The largest absolute Gasteiger partial charge is 0.329 e. The molecule has 2 aromatic heterocycles. The molecule has 30 heavy (non-hydrogen) atoms. The van der Waals surface area contributed by atoms with Gasteiger partial charge in [0.2, 0.25) is 11.8 Å². The Bertz CT molecular complexity index is 1140. The van der Waals surface area contributed by atoms with Gasteiger partial charge in [0.25, 0.3) is 0 Å². The predicted molar refractivity (Wildman–Crippen MR) is 117 cm³/mol. The van der Waals surface area contributed by atoms with Gasteiger partial charge in [-0.15, -0.1) is 11.3 Å². The maximum Gasteiger partial charge on any atom is 0.324 e. The van der Waals surface area contributed by atoms with E-state index >= 15 is 0 Å². The summed E-state index contributed by atoms with van der Waals surface area (Å²) in [5.74, 6) is -0.220. The van der Waals surface area contributed by atoms with Crippen molar-refractivity contribution < 1.29 is 14.4 Å². The quantitative estimate of drug-likeness (QED) is 0.346. The van der Waals surface area contributed by atoms with Gasteiger partial charge in [-0.1, -0.05) is 23.9 Å². The number of amides is 4. The zero-order valence-corrected chi connectivity index (χ0v) is 18.0. The van der Waals surface area contributed by atoms with E-state index in [-0.39, 0.29) is 30.7 Å². The highest BCUT2D eigenvalue weighted by molar-refractivity contribution is 8.00. The molecule has 0 unspecified atom stereocenters. The molecular formula is C20H19N5O3S2. The smallest absolute Gasteiger partial charge is 0.324 e. The summed E-state index contributed by atoms with van der Waals surface area (Å²) < 4.78 is 0. The van der Waals surface area contributed by atoms with Gasteiger partial charge in [0.1, 0.15) is 16.2 Å². The van der Waals surface area contributed by atoms with Crippen molar-refractivity contribution in [2.45, 2.75) is 25.4 Å². The number of benzene rings is 1. The molecule has 3 heterocycles. The topological polar surface area (TPSA) is 104 Å². The molecule has 154 valence electrons. The third-order valence-electron chi connectivity index (χ3n) is 4.76. The molecule has 1 saturated heterocycles. The van der Waals surface area contributed by atoms with Gasteiger partial charge in [-0.3, -0.25) is 14.5 Å². The Balaban J connectivity index is 1.40. The molecule has 8 nitrogen and oxygen atoms in total. The van der Waals surface area contributed by atoms with Gasteiger partial charge in [0.05, 0.1) is 18.8 Å². The van der Waals surface area contributed by atoms with Crippen molar-refractivity contribution in [3.8, 4) is 0 Å². The number of thioether (sulfide) groups is 1. The summed E-state index contributed by atoms with van der Waals surface area (Å²) in [6, 6.07) is 6.72. The average Bonchev–Trinajstić information content (AvgIpc) is 3.20. The van der Waals surface area contributed by atoms with E-state index in [0.717, 1.165) is 31.3 Å². The van der Waals surface area contributed by atoms with E-state index in [0.29, 0.717) is 5.69 Å². The minimum atomic E-state index is -0.402. The van der Waals surface area contributed by atoms with Gasteiger partial charge < -0.3 is 10.6 Å². The van der Waals surface area contributed by atoms with Crippen LogP contribution in [0.4, 0.5) is 10.5 Å². The second-order valence-corrected chi connectivity index (χ2v) is 8.99. The molecule has 0 spiro atoms. The monoisotopic (exact) mass is 441 g/mol. The van der Waals surface area contributed by atoms with Crippen molar-refractivity contribution in [1.82, 2.24) is 20.2 Å². The highest BCUT2D eigenvalue weighted by Gasteiger charge is 2.28. The number of hydrogen-bond acceptors (Lipinski definition) is 7. The number of urea groups is 1. The standard InChI is InChI=1S/C20H19N5O3S2/c1-11-12(2)30-19-17(11)18(22-10-23-19)29-9-15(26)24-14-5-3-4-13(6-14)8-25-16(27)7-21-20(25)28/h3-6,10H,7-9H2,1-2H3,(H,21,28)(H,24,26). The molecular weight excluding hydrogens is 422 g/mol. The lowest BCUT2D eigenvalue weighted by atomic mass is 10.2. The average molecular weight is 442 g/mol. The van der Waals surface area contributed by atoms with E-state index in [1.807, 2.05) is 13.0 Å². The highest BCUT2D eigenvalue weighted by Crippen LogP contribution is 2.34. The molecule has 1 fully saturated rings. The summed E-state index contributed by atoms with van der Waals surface area (Å²) in [5, 5.41) is 7.16. The number of fused-ring (bicyclic) bond motifs is 1. The Labute approximate surface area is 181 Å². The van der Waals surface area contributed by atoms with Crippen LogP contribution in [0.5, 0.6) is 0 Å². The van der Waals surface area contributed by atoms with Crippen LogP contribution in [0.25, 0.3) is 10.2 Å². The van der Waals surface area contributed by atoms with Crippen LogP contribution in [0.1, 0.15) is 16.0 Å². The molecule has 10 heteroatoms. The summed E-state index contributed by atoms with van der Waals surface area (Å²) in [6.07, 6.45) is 1.53. The van der Waals surface area contributed by atoms with Gasteiger partial charge in [0.15, 0.2) is 0 Å². The maximum atomic E-state index is 12.5. The second-order valence-electron chi connectivity index (χ2n) is 6.82. The molecule has 1 aliphatic rings. The Morgan fingerprint density at radius 2 is 2.13 bits per heavy atom. The van der Waals surface area contributed by atoms with Gasteiger partial charge in [-0.05, 0) is 37.1 Å². The first-order valence-electron chi connectivity index (χ1n) is 9.23. The third kappa shape index (κ3) is 4.14. The molecule has 0 saturated carbocycles. The molecule has 0 atom stereocenters. The molecule has 2 N–H and O–H groups in total. The SMILES string of the molecule is Cc1sc2ncnc(SCC(=O)Nc3cccc(CN4C(=O)CNC4=O)c3)c2c1C. The Morgan fingerprint density at radius 1 is 1.30 bits per heavy atom. The fourth-order valence-corrected chi connectivity index (χ4v) is 5.05. The lowest BCUT2D eigenvalue weighted by Crippen LogP contribution is -2.30. The summed E-state index contributed by atoms with van der Waals surface area (Å²) in [6.45, 7) is 4.28. The number of nitrogens with one attached hydrogen (secondary N) is 2. The number of hydrogen-bond donors (Lipinski definition) is 2. The lowest BCUT2D eigenvalue weighted by molar-refractivity contribution is -0.125. The van der Waals surface area contributed by atoms with E-state index in [9.17, 15) is 14.4 Å². The Hall–Kier alpha value is -2.98. The van der Waals surface area contributed by atoms with Crippen molar-refractivity contribution in [3.05, 3.63) is 46.6 Å². The fraction of sp³-hybridized carbons (Fsp3) is 0.250. The number of imide groups is 1. The van der Waals surface area contributed by atoms with E-state index in [4.69, 9.17) is 0 Å². The highest BCUT2D eigenvalue weighted by atomic mass is 32.2. The minimum absolute atomic E-state index is 0.0198. The van der Waals surface area contributed by atoms with Crippen LogP contribution in [-0.2, 0) is 16.1 Å². The second kappa shape index (κ2) is 8.41. The van der Waals surface area contributed by atoms with Crippen LogP contribution >= 0.6 is 23.1 Å². The van der Waals surface area contributed by atoms with Gasteiger partial charge in [-0.25, -0.2) is 14.8 Å². The number of aromatic nitrogens is 2. The first-order valence-corrected chi connectivity index (χ1v) is 11.0. The molecule has 1 aromatic carbocycles. The number of rotatable bonds is 6. The Morgan fingerprint density at radius 3 is 2.90 bits per heavy atom. The number of anilines is 1. The lowest BCUT2D eigenvalue weighted by Gasteiger charge is -2.13. The van der Waals surface area contributed by atoms with Gasteiger partial charge in [-0.2, -0.15) is 0 Å². The summed E-state index contributed by atoms with van der Waals surface area (Å²) in [4.78, 5) is 47.9. The zero-order valence-electron chi connectivity index (χ0n) is 16.4. The van der Waals surface area contributed by atoms with Crippen LogP contribution in [0.2, 0.25) is 0 Å². The Kier molecular flexibility index (Phi) is 5.69. The number of thiophene rings is 1. The van der Waals surface area contributed by atoms with Crippen molar-refractivity contribution >= 4 is 56.8 Å². The summed E-state index contributed by atoms with van der Waals surface area (Å²) in [7, 11) is 0. The molecule has 3 aromatic rings. The molecule has 0 aliphatic carbocycles. The van der Waals surface area contributed by atoms with Crippen LogP contribution in [0.15, 0.2) is 35.6 Å². The van der Waals surface area contributed by atoms with Gasteiger partial charge >= 0.3 is 6.03 Å². The van der Waals surface area contributed by atoms with Gasteiger partial charge in [0, 0.05) is 16.0 Å². The van der Waals surface area contributed by atoms with Crippen molar-refractivity contribution in [2.24, 2.45) is 0 Å². The van der Waals surface area contributed by atoms with E-state index in [2.05, 4.69) is 27.5 Å². The van der Waals surface area contributed by atoms with Crippen LogP contribution in [-0.4, -0.2) is 45.0 Å². The number of aryl methyl sites for hydroxylation is 2. The molecule has 4 rings (SSSR count). The van der Waals surface area contributed by atoms with Crippen LogP contribution in [0, 0.1) is 13.8 Å². The number of nitrogens with zero attached hydrogens (tertiary/aromatic N) is 3. The first kappa shape index (κ1) is 20.3. The van der Waals surface area contributed by atoms with Crippen LogP contribution < -0.4 is 10.6 Å². The van der Waals surface area contributed by atoms with Crippen molar-refractivity contribution in [1.29, 1.82) is 0 Å². The van der Waals surface area contributed by atoms with Crippen LogP contribution in [0.3, 0.4) is 0 Å². The molecule has 0 bridgehead atoms. The van der Waals surface area contributed by atoms with E-state index in [1.54, 1.807) is 29.5 Å². The maximum absolute atomic E-state index is 12.5. The summed E-state index contributed by atoms with van der Waals surface area (Å²) in [5.41, 5.74) is 2.51. The molecule has 1 aliphatic heterocycles. The third-order valence-corrected chi connectivity index (χ3v) is 6.86. The first-order chi connectivity index (χ1) is 14.4. The molecule has 0 radical (unpaired) electrons. The summed E-state index contributed by atoms with van der Waals surface area (Å²) >= 11 is 3.00. The number of carbonyl (C=O) groups excluding carboxylic acids is 3. The minimum Gasteiger partial charge on any atom is -0.329 e. The van der Waals surface area contributed by atoms with Crippen molar-refractivity contribution in [2.75, 3.05) is 17.6 Å². The van der Waals surface area contributed by atoms with E-state index in [1.165, 1.54) is 23.0 Å². The predicted octanol–water partition coefficient (Wildman–Crippen LogP) is 3.09. The normalized spacial score (nSPS) is 13.7.